The number of imidazole rings is 1. The van der Waals surface area contributed by atoms with E-state index in [2.05, 4.69) is 40.3 Å². The highest BCUT2D eigenvalue weighted by atomic mass is 19.1. The number of halogens is 2. The van der Waals surface area contributed by atoms with Crippen molar-refractivity contribution < 1.29 is 8.78 Å². The predicted molar refractivity (Wildman–Crippen MR) is 172 cm³/mol. The summed E-state index contributed by atoms with van der Waals surface area (Å²) in [5.41, 5.74) is 5.71. The Kier molecular flexibility index (Phi) is 7.90. The molecule has 45 heavy (non-hydrogen) atoms. The number of anilines is 1. The lowest BCUT2D eigenvalue weighted by Crippen LogP contribution is -2.29. The van der Waals surface area contributed by atoms with Crippen molar-refractivity contribution in [1.29, 1.82) is 0 Å². The number of rotatable bonds is 9. The third kappa shape index (κ3) is 5.98. The Morgan fingerprint density at radius 1 is 0.889 bits per heavy atom. The lowest BCUT2D eigenvalue weighted by molar-refractivity contribution is 0.220. The monoisotopic (exact) mass is 608 g/mol. The van der Waals surface area contributed by atoms with Gasteiger partial charge in [-0.1, -0.05) is 6.42 Å². The zero-order valence-corrected chi connectivity index (χ0v) is 25.2. The van der Waals surface area contributed by atoms with E-state index in [1.165, 1.54) is 31.4 Å². The van der Waals surface area contributed by atoms with Gasteiger partial charge in [0, 0.05) is 55.0 Å². The minimum atomic E-state index is -0.509. The molecule has 0 spiro atoms. The SMILES string of the molecule is CN(C)CCNc1cc(F)cc(-c2cncc3[nH]c(-c4n[nH]c5cnc(-c6cncc(CN7CCCCC7)c6)c(F)c45)nc23)c1. The molecule has 0 aliphatic carbocycles. The molecule has 1 aromatic carbocycles. The quantitative estimate of drug-likeness (QED) is 0.187. The summed E-state index contributed by atoms with van der Waals surface area (Å²) < 4.78 is 31.0. The largest absolute Gasteiger partial charge is 0.384 e. The number of hydrogen-bond donors (Lipinski definition) is 3. The molecule has 0 saturated carbocycles. The molecule has 1 saturated heterocycles. The van der Waals surface area contributed by atoms with Gasteiger partial charge in [-0.2, -0.15) is 5.10 Å². The summed E-state index contributed by atoms with van der Waals surface area (Å²) >= 11 is 0. The molecule has 1 aliphatic rings. The third-order valence-electron chi connectivity index (χ3n) is 8.18. The molecule has 230 valence electrons. The summed E-state index contributed by atoms with van der Waals surface area (Å²) in [6, 6.07) is 6.75. The first kappa shape index (κ1) is 28.9. The van der Waals surface area contributed by atoms with Crippen LogP contribution >= 0.6 is 0 Å². The Morgan fingerprint density at radius 2 is 1.73 bits per heavy atom. The van der Waals surface area contributed by atoms with E-state index >= 15 is 4.39 Å². The Morgan fingerprint density at radius 3 is 2.58 bits per heavy atom. The van der Waals surface area contributed by atoms with E-state index in [1.54, 1.807) is 24.8 Å². The number of fused-ring (bicyclic) bond motifs is 2. The van der Waals surface area contributed by atoms with Crippen molar-refractivity contribution in [2.24, 2.45) is 0 Å². The predicted octanol–water partition coefficient (Wildman–Crippen LogP) is 5.86. The van der Waals surface area contributed by atoms with Crippen molar-refractivity contribution in [3.05, 3.63) is 72.4 Å². The summed E-state index contributed by atoms with van der Waals surface area (Å²) in [6.07, 6.45) is 12.0. The van der Waals surface area contributed by atoms with Gasteiger partial charge in [-0.3, -0.25) is 25.0 Å². The number of hydrogen-bond acceptors (Lipinski definition) is 8. The van der Waals surface area contributed by atoms with E-state index in [0.29, 0.717) is 57.0 Å². The minimum Gasteiger partial charge on any atom is -0.384 e. The van der Waals surface area contributed by atoms with Gasteiger partial charge in [0.15, 0.2) is 11.6 Å². The fourth-order valence-corrected chi connectivity index (χ4v) is 5.95. The number of nitrogens with zero attached hydrogens (tertiary/aromatic N) is 7. The Hall–Kier alpha value is -4.81. The molecule has 0 unspecified atom stereocenters. The number of aromatic amines is 2. The van der Waals surface area contributed by atoms with Gasteiger partial charge >= 0.3 is 0 Å². The number of aromatic nitrogens is 7. The van der Waals surface area contributed by atoms with E-state index in [1.807, 2.05) is 37.3 Å². The van der Waals surface area contributed by atoms with Crippen molar-refractivity contribution in [3.63, 3.8) is 0 Å². The Balaban J connectivity index is 1.24. The molecule has 0 atom stereocenters. The van der Waals surface area contributed by atoms with Crippen molar-refractivity contribution in [1.82, 2.24) is 44.9 Å². The maximum absolute atomic E-state index is 16.3. The smallest absolute Gasteiger partial charge is 0.161 e. The molecule has 1 fully saturated rings. The second kappa shape index (κ2) is 12.3. The van der Waals surface area contributed by atoms with Crippen LogP contribution in [0.4, 0.5) is 14.5 Å². The molecule has 6 heterocycles. The highest BCUT2D eigenvalue weighted by Gasteiger charge is 2.22. The van der Waals surface area contributed by atoms with E-state index < -0.39 is 5.82 Å². The van der Waals surface area contributed by atoms with Crippen LogP contribution in [0.2, 0.25) is 0 Å². The van der Waals surface area contributed by atoms with Gasteiger partial charge in [-0.15, -0.1) is 0 Å². The fraction of sp³-hybridized carbons (Fsp3) is 0.303. The Bertz CT molecular complexity index is 1980. The number of H-pyrrole nitrogens is 2. The molecular formula is C33H34F2N10. The van der Waals surface area contributed by atoms with Crippen molar-refractivity contribution in [2.75, 3.05) is 45.6 Å². The third-order valence-corrected chi connectivity index (χ3v) is 8.18. The highest BCUT2D eigenvalue weighted by molar-refractivity contribution is 5.98. The number of pyridine rings is 3. The van der Waals surface area contributed by atoms with Gasteiger partial charge in [-0.25, -0.2) is 13.8 Å². The van der Waals surface area contributed by atoms with Crippen LogP contribution in [0.5, 0.6) is 0 Å². The van der Waals surface area contributed by atoms with Crippen LogP contribution in [0.15, 0.2) is 55.2 Å². The van der Waals surface area contributed by atoms with Crippen molar-refractivity contribution in [2.45, 2.75) is 25.8 Å². The molecule has 1 aliphatic heterocycles. The molecule has 0 amide bonds. The van der Waals surface area contributed by atoms with Gasteiger partial charge in [-0.05, 0) is 75.4 Å². The molecular weight excluding hydrogens is 574 g/mol. The molecule has 0 radical (unpaired) electrons. The topological polar surface area (TPSA) is 115 Å². The zero-order valence-electron chi connectivity index (χ0n) is 25.2. The minimum absolute atomic E-state index is 0.200. The van der Waals surface area contributed by atoms with Crippen LogP contribution in [0.1, 0.15) is 24.8 Å². The van der Waals surface area contributed by atoms with Crippen LogP contribution < -0.4 is 5.32 Å². The summed E-state index contributed by atoms with van der Waals surface area (Å²) in [4.78, 5) is 25.7. The van der Waals surface area contributed by atoms with Crippen molar-refractivity contribution >= 4 is 27.6 Å². The van der Waals surface area contributed by atoms with Crippen LogP contribution in [0.3, 0.4) is 0 Å². The second-order valence-electron chi connectivity index (χ2n) is 11.8. The van der Waals surface area contributed by atoms with Gasteiger partial charge < -0.3 is 15.2 Å². The first-order valence-corrected chi connectivity index (χ1v) is 15.2. The van der Waals surface area contributed by atoms with Crippen molar-refractivity contribution in [3.8, 4) is 33.9 Å². The number of likely N-dealkylation sites (tertiary alicyclic amines) is 1. The molecule has 3 N–H and O–H groups in total. The van der Waals surface area contributed by atoms with Gasteiger partial charge in [0.2, 0.25) is 0 Å². The summed E-state index contributed by atoms with van der Waals surface area (Å²) in [5.74, 6) is -0.521. The standard InChI is InChI=1S/C33H34F2N10/c1-44(2)9-6-38-24-12-21(11-23(34)13-24)25-16-37-17-27-31(25)41-33(40-27)32-28-26(42-43-32)18-39-30(29(28)35)22-10-20(14-36-15-22)19-45-7-4-3-5-8-45/h10-18,38H,3-9,19H2,1-2H3,(H,40,41)(H,42,43). The first-order valence-electron chi connectivity index (χ1n) is 15.2. The fourth-order valence-electron chi connectivity index (χ4n) is 5.95. The van der Waals surface area contributed by atoms with E-state index in [0.717, 1.165) is 31.7 Å². The molecule has 10 nitrogen and oxygen atoms in total. The number of benzene rings is 1. The number of piperidine rings is 1. The Labute approximate surface area is 258 Å². The van der Waals surface area contributed by atoms with E-state index in [9.17, 15) is 4.39 Å². The maximum atomic E-state index is 16.3. The lowest BCUT2D eigenvalue weighted by Gasteiger charge is -2.26. The summed E-state index contributed by atoms with van der Waals surface area (Å²) in [6.45, 7) is 4.36. The lowest BCUT2D eigenvalue weighted by atomic mass is 10.1. The summed E-state index contributed by atoms with van der Waals surface area (Å²) in [7, 11) is 3.97. The highest BCUT2D eigenvalue weighted by Crippen LogP contribution is 2.35. The van der Waals surface area contributed by atoms with Crippen LogP contribution in [-0.2, 0) is 6.54 Å². The van der Waals surface area contributed by atoms with E-state index in [4.69, 9.17) is 4.98 Å². The molecule has 6 aromatic rings. The molecule has 0 bridgehead atoms. The first-order chi connectivity index (χ1) is 21.9. The average molecular weight is 609 g/mol. The second-order valence-corrected chi connectivity index (χ2v) is 11.8. The van der Waals surface area contributed by atoms with Crippen LogP contribution in [0, 0.1) is 11.6 Å². The normalized spacial score (nSPS) is 14.2. The van der Waals surface area contributed by atoms with Gasteiger partial charge in [0.05, 0.1) is 34.3 Å². The number of likely N-dealkylation sites (N-methyl/N-ethyl adjacent to an activating group) is 1. The van der Waals surface area contributed by atoms with Crippen LogP contribution in [0.25, 0.3) is 55.8 Å². The zero-order chi connectivity index (χ0) is 30.9. The average Bonchev–Trinajstić information content (AvgIpc) is 3.66. The van der Waals surface area contributed by atoms with Gasteiger partial charge in [0.1, 0.15) is 17.2 Å². The van der Waals surface area contributed by atoms with E-state index in [-0.39, 0.29) is 16.9 Å². The van der Waals surface area contributed by atoms with Gasteiger partial charge in [0.25, 0.3) is 0 Å². The maximum Gasteiger partial charge on any atom is 0.161 e. The molecule has 7 rings (SSSR count). The molecule has 12 heteroatoms. The number of nitrogens with one attached hydrogen (secondary N) is 3. The summed E-state index contributed by atoms with van der Waals surface area (Å²) in [5, 5.41) is 10.9. The molecule has 5 aromatic heterocycles. The van der Waals surface area contributed by atoms with Crippen LogP contribution in [-0.4, -0.2) is 85.2 Å².